The van der Waals surface area contributed by atoms with E-state index in [-0.39, 0.29) is 30.9 Å². The fourth-order valence-corrected chi connectivity index (χ4v) is 2.17. The molecule has 0 saturated heterocycles. The lowest BCUT2D eigenvalue weighted by atomic mass is 10.1. The van der Waals surface area contributed by atoms with Gasteiger partial charge in [-0.1, -0.05) is 44.6 Å². The van der Waals surface area contributed by atoms with Gasteiger partial charge in [-0.2, -0.15) is 0 Å². The van der Waals surface area contributed by atoms with Gasteiger partial charge in [-0.3, -0.25) is 9.59 Å². The van der Waals surface area contributed by atoms with Gasteiger partial charge in [0, 0.05) is 6.42 Å². The van der Waals surface area contributed by atoms with Gasteiger partial charge in [-0.25, -0.2) is 0 Å². The zero-order chi connectivity index (χ0) is 17.5. The molecule has 0 aromatic carbocycles. The molecule has 0 aromatic heterocycles. The van der Waals surface area contributed by atoms with Gasteiger partial charge in [0.15, 0.2) is 0 Å². The van der Waals surface area contributed by atoms with E-state index in [1.54, 1.807) is 0 Å². The van der Waals surface area contributed by atoms with Crippen molar-refractivity contribution >= 4 is 11.9 Å². The maximum absolute atomic E-state index is 11.7. The van der Waals surface area contributed by atoms with E-state index in [9.17, 15) is 9.59 Å². The summed E-state index contributed by atoms with van der Waals surface area (Å²) >= 11 is 0. The summed E-state index contributed by atoms with van der Waals surface area (Å²) in [5, 5.41) is 0. The molecule has 0 bridgehead atoms. The molecule has 0 fully saturated rings. The van der Waals surface area contributed by atoms with Crippen LogP contribution in [0.5, 0.6) is 0 Å². The van der Waals surface area contributed by atoms with Crippen LogP contribution in [-0.2, 0) is 19.1 Å². The molecule has 0 aliphatic heterocycles. The van der Waals surface area contributed by atoms with Crippen LogP contribution in [0.1, 0.15) is 85.0 Å². The number of unbranched alkanes of at least 4 members (excludes halogenated alkanes) is 5. The molecule has 0 N–H and O–H groups in total. The van der Waals surface area contributed by atoms with Gasteiger partial charge < -0.3 is 9.47 Å². The molecule has 1 unspecified atom stereocenters. The molecule has 4 nitrogen and oxygen atoms in total. The minimum atomic E-state index is -0.355. The summed E-state index contributed by atoms with van der Waals surface area (Å²) in [5.41, 5.74) is 0.973. The molecule has 0 amide bonds. The van der Waals surface area contributed by atoms with Crippen molar-refractivity contribution in [3.05, 3.63) is 12.2 Å². The van der Waals surface area contributed by atoms with Gasteiger partial charge in [0.05, 0.1) is 25.6 Å². The van der Waals surface area contributed by atoms with Crippen molar-refractivity contribution in [2.75, 3.05) is 6.61 Å². The van der Waals surface area contributed by atoms with E-state index < -0.39 is 0 Å². The highest BCUT2D eigenvalue weighted by molar-refractivity contribution is 5.77. The van der Waals surface area contributed by atoms with Gasteiger partial charge >= 0.3 is 11.9 Å². The Labute approximate surface area is 141 Å². The molecule has 0 aliphatic rings. The molecule has 0 saturated carbocycles. The Morgan fingerprint density at radius 3 is 2.22 bits per heavy atom. The SMILES string of the molecule is C=C(C)CCOC(=O)CCC(=O)OC(C)CCCCCCCC. The summed E-state index contributed by atoms with van der Waals surface area (Å²) < 4.78 is 10.3. The number of carbonyl (C=O) groups is 2. The second-order valence-electron chi connectivity index (χ2n) is 6.28. The second-order valence-corrected chi connectivity index (χ2v) is 6.28. The topological polar surface area (TPSA) is 52.6 Å². The summed E-state index contributed by atoms with van der Waals surface area (Å²) in [6.45, 7) is 10.1. The first kappa shape index (κ1) is 21.7. The average Bonchev–Trinajstić information content (AvgIpc) is 2.48. The Bertz CT molecular complexity index is 349. The van der Waals surface area contributed by atoms with Crippen LogP contribution in [0.25, 0.3) is 0 Å². The number of carbonyl (C=O) groups excluding carboxylic acids is 2. The van der Waals surface area contributed by atoms with Crippen molar-refractivity contribution < 1.29 is 19.1 Å². The largest absolute Gasteiger partial charge is 0.465 e. The molecular weight excluding hydrogens is 292 g/mol. The minimum Gasteiger partial charge on any atom is -0.465 e. The van der Waals surface area contributed by atoms with E-state index >= 15 is 0 Å². The Kier molecular flexibility index (Phi) is 13.5. The third-order valence-electron chi connectivity index (χ3n) is 3.62. The highest BCUT2D eigenvalue weighted by Gasteiger charge is 2.12. The number of rotatable bonds is 14. The van der Waals surface area contributed by atoms with Crippen LogP contribution < -0.4 is 0 Å². The Morgan fingerprint density at radius 2 is 1.57 bits per heavy atom. The van der Waals surface area contributed by atoms with Gasteiger partial charge in [0.1, 0.15) is 0 Å². The number of esters is 2. The molecule has 1 atom stereocenters. The van der Waals surface area contributed by atoms with Gasteiger partial charge in [-0.05, 0) is 26.7 Å². The molecule has 0 rings (SSSR count). The van der Waals surface area contributed by atoms with Gasteiger partial charge in [0.25, 0.3) is 0 Å². The first-order valence-electron chi connectivity index (χ1n) is 8.95. The van der Waals surface area contributed by atoms with Crippen LogP contribution in [-0.4, -0.2) is 24.6 Å². The van der Waals surface area contributed by atoms with Crippen molar-refractivity contribution in [2.45, 2.75) is 91.1 Å². The van der Waals surface area contributed by atoms with E-state index in [4.69, 9.17) is 9.47 Å². The third kappa shape index (κ3) is 15.4. The molecule has 4 heteroatoms. The fourth-order valence-electron chi connectivity index (χ4n) is 2.17. The van der Waals surface area contributed by atoms with Gasteiger partial charge in [-0.15, -0.1) is 6.58 Å². The monoisotopic (exact) mass is 326 g/mol. The van der Waals surface area contributed by atoms with Crippen LogP contribution in [0, 0.1) is 0 Å². The average molecular weight is 326 g/mol. The second kappa shape index (κ2) is 14.3. The number of ether oxygens (including phenoxy) is 2. The predicted octanol–water partition coefficient (Wildman–Crippen LogP) is 4.96. The van der Waals surface area contributed by atoms with Crippen LogP contribution in [0.4, 0.5) is 0 Å². The Morgan fingerprint density at radius 1 is 0.957 bits per heavy atom. The first-order valence-corrected chi connectivity index (χ1v) is 8.95. The Hall–Kier alpha value is -1.32. The Balaban J connectivity index is 3.60. The van der Waals surface area contributed by atoms with Crippen molar-refractivity contribution in [3.63, 3.8) is 0 Å². The molecule has 0 aromatic rings. The lowest BCUT2D eigenvalue weighted by Gasteiger charge is -2.13. The summed E-state index contributed by atoms with van der Waals surface area (Å²) in [4.78, 5) is 23.1. The molecule has 0 radical (unpaired) electrons. The molecule has 0 aliphatic carbocycles. The zero-order valence-electron chi connectivity index (χ0n) is 15.2. The standard InChI is InChI=1S/C19H34O4/c1-5-6-7-8-9-10-11-17(4)23-19(21)13-12-18(20)22-15-14-16(2)3/h17H,2,5-15H2,1,3-4H3. The quantitative estimate of drug-likeness (QED) is 0.257. The van der Waals surface area contributed by atoms with Crippen LogP contribution in [0.3, 0.4) is 0 Å². The summed E-state index contributed by atoms with van der Waals surface area (Å²) in [6, 6.07) is 0. The van der Waals surface area contributed by atoms with E-state index in [1.165, 1.54) is 32.1 Å². The minimum absolute atomic E-state index is 0.0758. The zero-order valence-corrected chi connectivity index (χ0v) is 15.2. The smallest absolute Gasteiger partial charge is 0.306 e. The fraction of sp³-hybridized carbons (Fsp3) is 0.789. The highest BCUT2D eigenvalue weighted by Crippen LogP contribution is 2.11. The summed E-state index contributed by atoms with van der Waals surface area (Å²) in [6.07, 6.45) is 9.02. The molecule has 134 valence electrons. The molecule has 23 heavy (non-hydrogen) atoms. The van der Waals surface area contributed by atoms with E-state index in [1.807, 2.05) is 13.8 Å². The number of hydrogen-bond acceptors (Lipinski definition) is 4. The van der Waals surface area contributed by atoms with Crippen molar-refractivity contribution in [3.8, 4) is 0 Å². The van der Waals surface area contributed by atoms with Crippen molar-refractivity contribution in [1.82, 2.24) is 0 Å². The first-order chi connectivity index (χ1) is 11.0. The lowest BCUT2D eigenvalue weighted by Crippen LogP contribution is -2.16. The maximum Gasteiger partial charge on any atom is 0.306 e. The lowest BCUT2D eigenvalue weighted by molar-refractivity contribution is -0.153. The molecule has 0 heterocycles. The highest BCUT2D eigenvalue weighted by atomic mass is 16.5. The summed E-state index contributed by atoms with van der Waals surface area (Å²) in [7, 11) is 0. The van der Waals surface area contributed by atoms with Crippen molar-refractivity contribution in [1.29, 1.82) is 0 Å². The maximum atomic E-state index is 11.7. The summed E-state index contributed by atoms with van der Waals surface area (Å²) in [5.74, 6) is -0.674. The third-order valence-corrected chi connectivity index (χ3v) is 3.62. The predicted molar refractivity (Wildman–Crippen MR) is 93.2 cm³/mol. The van der Waals surface area contributed by atoms with Gasteiger partial charge in [0.2, 0.25) is 0 Å². The van der Waals surface area contributed by atoms with Crippen molar-refractivity contribution in [2.24, 2.45) is 0 Å². The van der Waals surface area contributed by atoms with Crippen LogP contribution in [0.2, 0.25) is 0 Å². The normalized spacial score (nSPS) is 11.8. The van der Waals surface area contributed by atoms with E-state index in [0.717, 1.165) is 18.4 Å². The molecule has 0 spiro atoms. The van der Waals surface area contributed by atoms with E-state index in [0.29, 0.717) is 13.0 Å². The van der Waals surface area contributed by atoms with E-state index in [2.05, 4.69) is 13.5 Å². The number of hydrogen-bond donors (Lipinski definition) is 0. The molecular formula is C19H34O4. The van der Waals surface area contributed by atoms with Crippen LogP contribution >= 0.6 is 0 Å². The van der Waals surface area contributed by atoms with Crippen LogP contribution in [0.15, 0.2) is 12.2 Å².